The molecule has 37 heavy (non-hydrogen) atoms. The van der Waals surface area contributed by atoms with E-state index >= 15 is 0 Å². The Morgan fingerprint density at radius 3 is 2.35 bits per heavy atom. The van der Waals surface area contributed by atoms with E-state index in [0.717, 1.165) is 5.56 Å². The van der Waals surface area contributed by atoms with E-state index in [-0.39, 0.29) is 0 Å². The summed E-state index contributed by atoms with van der Waals surface area (Å²) in [6.07, 6.45) is -0.898. The van der Waals surface area contributed by atoms with Gasteiger partial charge in [-0.1, -0.05) is 18.2 Å². The molecule has 0 spiro atoms. The van der Waals surface area contributed by atoms with Gasteiger partial charge in [0.1, 0.15) is 5.75 Å². The molecule has 1 aromatic heterocycles. The van der Waals surface area contributed by atoms with E-state index in [9.17, 15) is 9.59 Å². The molecule has 3 aromatic carbocycles. The number of pyridine rings is 1. The number of hydrazine groups is 1. The summed E-state index contributed by atoms with van der Waals surface area (Å²) in [6.45, 7) is 1.55. The lowest BCUT2D eigenvalue weighted by Crippen LogP contribution is -2.47. The highest BCUT2D eigenvalue weighted by molar-refractivity contribution is 6.07. The van der Waals surface area contributed by atoms with Crippen molar-refractivity contribution in [2.45, 2.75) is 13.0 Å². The van der Waals surface area contributed by atoms with Crippen LogP contribution >= 0.6 is 0 Å². The van der Waals surface area contributed by atoms with Crippen molar-refractivity contribution in [1.29, 1.82) is 5.26 Å². The first-order valence-corrected chi connectivity index (χ1v) is 11.3. The number of amides is 2. The lowest BCUT2D eigenvalue weighted by Gasteiger charge is -2.16. The van der Waals surface area contributed by atoms with Crippen LogP contribution in [0.2, 0.25) is 0 Å². The molecule has 4 rings (SSSR count). The van der Waals surface area contributed by atoms with Crippen LogP contribution in [0.15, 0.2) is 72.8 Å². The number of fused-ring (bicyclic) bond motifs is 1. The van der Waals surface area contributed by atoms with E-state index in [0.29, 0.717) is 45.0 Å². The normalized spacial score (nSPS) is 11.2. The molecule has 0 aliphatic rings. The lowest BCUT2D eigenvalue weighted by molar-refractivity contribution is -0.128. The van der Waals surface area contributed by atoms with Gasteiger partial charge in [-0.25, -0.2) is 4.98 Å². The fourth-order valence-electron chi connectivity index (χ4n) is 3.66. The van der Waals surface area contributed by atoms with E-state index in [1.165, 1.54) is 0 Å². The number of carbonyl (C=O) groups excluding carboxylic acids is 2. The Kier molecular flexibility index (Phi) is 7.50. The standard InChI is InChI=1S/C28H24N4O5/c1-17(37-20-11-8-18(16-29)9-12-20)27(33)31-32-28(34)22-15-24(30-23-7-5-4-6-21(22)23)19-10-13-25(35-2)26(14-19)36-3/h4-15,17H,1-3H3,(H,31,33)(H,32,34). The first-order valence-electron chi connectivity index (χ1n) is 11.3. The van der Waals surface area contributed by atoms with Crippen molar-refractivity contribution in [3.63, 3.8) is 0 Å². The third-order valence-electron chi connectivity index (χ3n) is 5.60. The zero-order valence-corrected chi connectivity index (χ0v) is 20.4. The Balaban J connectivity index is 1.54. The molecule has 0 saturated carbocycles. The van der Waals surface area contributed by atoms with Crippen LogP contribution in [0.5, 0.6) is 17.2 Å². The molecule has 2 amide bonds. The number of methoxy groups -OCH3 is 2. The molecule has 1 heterocycles. The van der Waals surface area contributed by atoms with Crippen LogP contribution in [-0.2, 0) is 4.79 Å². The maximum atomic E-state index is 13.2. The molecule has 0 radical (unpaired) electrons. The Morgan fingerprint density at radius 2 is 1.65 bits per heavy atom. The zero-order valence-electron chi connectivity index (χ0n) is 20.4. The van der Waals surface area contributed by atoms with Gasteiger partial charge < -0.3 is 14.2 Å². The van der Waals surface area contributed by atoms with Crippen molar-refractivity contribution < 1.29 is 23.8 Å². The monoisotopic (exact) mass is 496 g/mol. The predicted molar refractivity (Wildman–Crippen MR) is 137 cm³/mol. The smallest absolute Gasteiger partial charge is 0.279 e. The molecule has 0 fully saturated rings. The summed E-state index contributed by atoms with van der Waals surface area (Å²) in [5, 5.41) is 9.52. The van der Waals surface area contributed by atoms with Gasteiger partial charge in [-0.15, -0.1) is 0 Å². The molecule has 0 bridgehead atoms. The molecule has 9 heteroatoms. The molecule has 1 unspecified atom stereocenters. The lowest BCUT2D eigenvalue weighted by atomic mass is 10.0. The van der Waals surface area contributed by atoms with Gasteiger partial charge in [0.25, 0.3) is 11.8 Å². The van der Waals surface area contributed by atoms with Crippen molar-refractivity contribution >= 4 is 22.7 Å². The highest BCUT2D eigenvalue weighted by atomic mass is 16.5. The Bertz CT molecular complexity index is 1500. The van der Waals surface area contributed by atoms with E-state index in [2.05, 4.69) is 10.9 Å². The van der Waals surface area contributed by atoms with E-state index in [1.807, 2.05) is 30.3 Å². The van der Waals surface area contributed by atoms with Gasteiger partial charge in [0.2, 0.25) is 0 Å². The second kappa shape index (κ2) is 11.1. The number of benzene rings is 3. The van der Waals surface area contributed by atoms with Gasteiger partial charge in [0.15, 0.2) is 17.6 Å². The minimum atomic E-state index is -0.898. The summed E-state index contributed by atoms with van der Waals surface area (Å²) >= 11 is 0. The summed E-state index contributed by atoms with van der Waals surface area (Å²) in [5.74, 6) is 0.470. The fraction of sp³-hybridized carbons (Fsp3) is 0.143. The molecule has 0 aliphatic carbocycles. The molecule has 4 aromatic rings. The van der Waals surface area contributed by atoms with E-state index in [1.54, 1.807) is 69.7 Å². The topological polar surface area (TPSA) is 123 Å². The van der Waals surface area contributed by atoms with Crippen molar-refractivity contribution in [3.05, 3.63) is 83.9 Å². The average Bonchev–Trinajstić information content (AvgIpc) is 2.94. The largest absolute Gasteiger partial charge is 0.493 e. The van der Waals surface area contributed by atoms with Crippen LogP contribution in [-0.4, -0.2) is 37.1 Å². The zero-order chi connectivity index (χ0) is 26.4. The molecular weight excluding hydrogens is 472 g/mol. The molecular formula is C28H24N4O5. The number of nitriles is 1. The van der Waals surface area contributed by atoms with Crippen LogP contribution in [0, 0.1) is 11.3 Å². The number of ether oxygens (including phenoxy) is 3. The van der Waals surface area contributed by atoms with E-state index < -0.39 is 17.9 Å². The maximum Gasteiger partial charge on any atom is 0.279 e. The first-order chi connectivity index (χ1) is 17.9. The molecule has 1 atom stereocenters. The van der Waals surface area contributed by atoms with Crippen LogP contribution in [0.4, 0.5) is 0 Å². The summed E-state index contributed by atoms with van der Waals surface area (Å²) in [7, 11) is 3.10. The number of aromatic nitrogens is 1. The number of nitrogens with zero attached hydrogens (tertiary/aromatic N) is 2. The molecule has 9 nitrogen and oxygen atoms in total. The van der Waals surface area contributed by atoms with Crippen molar-refractivity contribution in [2.75, 3.05) is 14.2 Å². The van der Waals surface area contributed by atoms with Gasteiger partial charge in [-0.05, 0) is 61.5 Å². The minimum absolute atomic E-state index is 0.330. The summed E-state index contributed by atoms with van der Waals surface area (Å²) in [6, 6.07) is 22.6. The van der Waals surface area contributed by atoms with Crippen LogP contribution in [0.25, 0.3) is 22.2 Å². The fourth-order valence-corrected chi connectivity index (χ4v) is 3.66. The Labute approximate surface area is 213 Å². The number of hydrogen-bond acceptors (Lipinski definition) is 7. The minimum Gasteiger partial charge on any atom is -0.493 e. The van der Waals surface area contributed by atoms with Crippen molar-refractivity contribution in [3.8, 4) is 34.6 Å². The second-order valence-electron chi connectivity index (χ2n) is 7.98. The number of carbonyl (C=O) groups is 2. The highest BCUT2D eigenvalue weighted by Crippen LogP contribution is 2.33. The van der Waals surface area contributed by atoms with Crippen LogP contribution in [0.1, 0.15) is 22.8 Å². The maximum absolute atomic E-state index is 13.2. The molecule has 186 valence electrons. The number of rotatable bonds is 7. The van der Waals surface area contributed by atoms with Gasteiger partial charge in [0, 0.05) is 10.9 Å². The van der Waals surface area contributed by atoms with Crippen molar-refractivity contribution in [1.82, 2.24) is 15.8 Å². The van der Waals surface area contributed by atoms with E-state index in [4.69, 9.17) is 24.5 Å². The van der Waals surface area contributed by atoms with Crippen molar-refractivity contribution in [2.24, 2.45) is 0 Å². The Hall–Kier alpha value is -5.10. The Morgan fingerprint density at radius 1 is 0.919 bits per heavy atom. The molecule has 0 saturated heterocycles. The number of nitrogens with one attached hydrogen (secondary N) is 2. The predicted octanol–water partition coefficient (Wildman–Crippen LogP) is 4.02. The first kappa shape index (κ1) is 25.0. The quantitative estimate of drug-likeness (QED) is 0.371. The molecule has 2 N–H and O–H groups in total. The van der Waals surface area contributed by atoms with Gasteiger partial charge >= 0.3 is 0 Å². The number of hydrogen-bond donors (Lipinski definition) is 2. The number of para-hydroxylation sites is 1. The summed E-state index contributed by atoms with van der Waals surface area (Å²) in [5.41, 5.74) is 7.57. The van der Waals surface area contributed by atoms with Gasteiger partial charge in [-0.3, -0.25) is 20.4 Å². The summed E-state index contributed by atoms with van der Waals surface area (Å²) < 4.78 is 16.3. The van der Waals surface area contributed by atoms with Crippen LogP contribution in [0.3, 0.4) is 0 Å². The summed E-state index contributed by atoms with van der Waals surface area (Å²) in [4.78, 5) is 30.4. The van der Waals surface area contributed by atoms with Crippen LogP contribution < -0.4 is 25.1 Å². The highest BCUT2D eigenvalue weighted by Gasteiger charge is 2.19. The third-order valence-corrected chi connectivity index (χ3v) is 5.60. The second-order valence-corrected chi connectivity index (χ2v) is 7.98. The third kappa shape index (κ3) is 5.60. The molecule has 0 aliphatic heterocycles. The SMILES string of the molecule is COc1ccc(-c2cc(C(=O)NNC(=O)C(C)Oc3ccc(C#N)cc3)c3ccccc3n2)cc1OC. The van der Waals surface area contributed by atoms with Gasteiger partial charge in [0.05, 0.1) is 42.6 Å². The van der Waals surface area contributed by atoms with Gasteiger partial charge in [-0.2, -0.15) is 5.26 Å². The average molecular weight is 497 g/mol.